The zero-order chi connectivity index (χ0) is 16.8. The molecule has 130 valence electrons. The molecular formula is C18H20ClN5O. The SMILES string of the molecule is Cl.NC1=NC(/C=C/c2ccccc2)N(OCc2ccccc2)C(N)=N1. The Hall–Kier alpha value is -2.83. The van der Waals surface area contributed by atoms with Gasteiger partial charge in [-0.1, -0.05) is 66.7 Å². The highest BCUT2D eigenvalue weighted by molar-refractivity contribution is 5.95. The van der Waals surface area contributed by atoms with Crippen LogP contribution in [-0.2, 0) is 11.4 Å². The van der Waals surface area contributed by atoms with E-state index in [1.807, 2.05) is 72.8 Å². The number of nitrogens with two attached hydrogens (primary N) is 2. The summed E-state index contributed by atoms with van der Waals surface area (Å²) in [7, 11) is 0. The van der Waals surface area contributed by atoms with E-state index in [-0.39, 0.29) is 24.3 Å². The molecular weight excluding hydrogens is 338 g/mol. The summed E-state index contributed by atoms with van der Waals surface area (Å²) in [5.41, 5.74) is 13.7. The van der Waals surface area contributed by atoms with E-state index in [1.165, 1.54) is 5.06 Å². The van der Waals surface area contributed by atoms with Crippen LogP contribution in [0.3, 0.4) is 0 Å². The Morgan fingerprint density at radius 3 is 2.32 bits per heavy atom. The number of hydrogen-bond donors (Lipinski definition) is 2. The topological polar surface area (TPSA) is 89.2 Å². The summed E-state index contributed by atoms with van der Waals surface area (Å²) < 4.78 is 0. The normalized spacial score (nSPS) is 17.0. The van der Waals surface area contributed by atoms with Crippen LogP contribution < -0.4 is 11.5 Å². The molecule has 0 spiro atoms. The van der Waals surface area contributed by atoms with Crippen molar-refractivity contribution < 1.29 is 4.84 Å². The van der Waals surface area contributed by atoms with Crippen molar-refractivity contribution in [1.29, 1.82) is 0 Å². The highest BCUT2D eigenvalue weighted by Crippen LogP contribution is 2.13. The number of aliphatic imine (C=N–C) groups is 2. The highest BCUT2D eigenvalue weighted by Gasteiger charge is 2.23. The summed E-state index contributed by atoms with van der Waals surface area (Å²) in [6, 6.07) is 19.7. The molecule has 0 saturated heterocycles. The van der Waals surface area contributed by atoms with Crippen LogP contribution in [0.1, 0.15) is 11.1 Å². The number of benzene rings is 2. The van der Waals surface area contributed by atoms with Crippen LogP contribution in [0.4, 0.5) is 0 Å². The molecule has 0 bridgehead atoms. The molecule has 1 heterocycles. The van der Waals surface area contributed by atoms with Crippen LogP contribution in [0, 0.1) is 0 Å². The lowest BCUT2D eigenvalue weighted by molar-refractivity contribution is -0.128. The Labute approximate surface area is 152 Å². The molecule has 2 aromatic rings. The second kappa shape index (κ2) is 8.86. The van der Waals surface area contributed by atoms with Gasteiger partial charge in [0.05, 0.1) is 0 Å². The predicted molar refractivity (Wildman–Crippen MR) is 103 cm³/mol. The Bertz CT molecular complexity index is 762. The summed E-state index contributed by atoms with van der Waals surface area (Å²) in [5, 5.41) is 1.46. The van der Waals surface area contributed by atoms with Gasteiger partial charge in [-0.15, -0.1) is 12.4 Å². The molecule has 3 rings (SSSR count). The zero-order valence-electron chi connectivity index (χ0n) is 13.5. The van der Waals surface area contributed by atoms with E-state index in [1.54, 1.807) is 0 Å². The first-order chi connectivity index (χ1) is 11.7. The van der Waals surface area contributed by atoms with Crippen LogP contribution in [0.5, 0.6) is 0 Å². The van der Waals surface area contributed by atoms with Crippen molar-refractivity contribution in [3.63, 3.8) is 0 Å². The first-order valence-corrected chi connectivity index (χ1v) is 7.59. The van der Waals surface area contributed by atoms with Gasteiger partial charge in [0.15, 0.2) is 6.17 Å². The van der Waals surface area contributed by atoms with Crippen LogP contribution >= 0.6 is 12.4 Å². The lowest BCUT2D eigenvalue weighted by atomic mass is 10.2. The summed E-state index contributed by atoms with van der Waals surface area (Å²) in [6.45, 7) is 0.363. The minimum atomic E-state index is -0.466. The van der Waals surface area contributed by atoms with Gasteiger partial charge in [-0.2, -0.15) is 10.1 Å². The summed E-state index contributed by atoms with van der Waals surface area (Å²) in [6.07, 6.45) is 3.35. The predicted octanol–water partition coefficient (Wildman–Crippen LogP) is 2.52. The fraction of sp³-hybridized carbons (Fsp3) is 0.111. The van der Waals surface area contributed by atoms with Crippen LogP contribution in [0.25, 0.3) is 6.08 Å². The van der Waals surface area contributed by atoms with Crippen molar-refractivity contribution in [1.82, 2.24) is 5.06 Å². The smallest absolute Gasteiger partial charge is 0.226 e. The number of hydroxylamine groups is 2. The number of nitrogens with zero attached hydrogens (tertiary/aromatic N) is 3. The maximum absolute atomic E-state index is 5.95. The van der Waals surface area contributed by atoms with E-state index < -0.39 is 6.17 Å². The lowest BCUT2D eigenvalue weighted by Gasteiger charge is -2.29. The van der Waals surface area contributed by atoms with Gasteiger partial charge in [0.25, 0.3) is 0 Å². The monoisotopic (exact) mass is 357 g/mol. The first kappa shape index (κ1) is 18.5. The molecule has 6 nitrogen and oxygen atoms in total. The molecule has 0 fully saturated rings. The van der Waals surface area contributed by atoms with Crippen molar-refractivity contribution >= 4 is 30.4 Å². The number of guanidine groups is 2. The number of halogens is 1. The van der Waals surface area contributed by atoms with E-state index in [4.69, 9.17) is 16.3 Å². The third-order valence-corrected chi connectivity index (χ3v) is 3.43. The Morgan fingerprint density at radius 1 is 1.00 bits per heavy atom. The standard InChI is InChI=1S/C18H19N5O.ClH/c19-17-21-16(12-11-14-7-3-1-4-8-14)23(18(20)22-17)24-13-15-9-5-2-6-10-15;/h1-12,16H,13H2,(H4,19,20,21,22);1H/b12-11+;. The highest BCUT2D eigenvalue weighted by atomic mass is 35.5. The van der Waals surface area contributed by atoms with Gasteiger partial charge in [-0.05, 0) is 17.2 Å². The van der Waals surface area contributed by atoms with Gasteiger partial charge in [0.1, 0.15) is 6.61 Å². The van der Waals surface area contributed by atoms with Gasteiger partial charge >= 0.3 is 0 Å². The minimum Gasteiger partial charge on any atom is -0.368 e. The molecule has 2 aromatic carbocycles. The van der Waals surface area contributed by atoms with Gasteiger partial charge in [-0.25, -0.2) is 4.99 Å². The van der Waals surface area contributed by atoms with Crippen molar-refractivity contribution in [3.8, 4) is 0 Å². The quantitative estimate of drug-likeness (QED) is 0.860. The second-order valence-electron chi connectivity index (χ2n) is 5.23. The van der Waals surface area contributed by atoms with E-state index >= 15 is 0 Å². The average molecular weight is 358 g/mol. The molecule has 4 N–H and O–H groups in total. The Morgan fingerprint density at radius 2 is 1.64 bits per heavy atom. The first-order valence-electron chi connectivity index (χ1n) is 7.59. The van der Waals surface area contributed by atoms with E-state index in [9.17, 15) is 0 Å². The maximum atomic E-state index is 5.95. The van der Waals surface area contributed by atoms with Gasteiger partial charge in [0.2, 0.25) is 11.9 Å². The molecule has 25 heavy (non-hydrogen) atoms. The molecule has 1 aliphatic heterocycles. The van der Waals surface area contributed by atoms with Crippen LogP contribution in [-0.4, -0.2) is 23.1 Å². The molecule has 1 atom stereocenters. The number of hydrogen-bond acceptors (Lipinski definition) is 6. The van der Waals surface area contributed by atoms with Crippen LogP contribution in [0.15, 0.2) is 76.7 Å². The summed E-state index contributed by atoms with van der Waals surface area (Å²) >= 11 is 0. The molecule has 0 radical (unpaired) electrons. The van der Waals surface area contributed by atoms with Crippen molar-refractivity contribution in [2.45, 2.75) is 12.8 Å². The molecule has 7 heteroatoms. The summed E-state index contributed by atoms with van der Waals surface area (Å²) in [4.78, 5) is 14.0. The Balaban J connectivity index is 0.00000225. The van der Waals surface area contributed by atoms with Crippen LogP contribution in [0.2, 0.25) is 0 Å². The Kier molecular flexibility index (Phi) is 6.56. The second-order valence-corrected chi connectivity index (χ2v) is 5.23. The zero-order valence-corrected chi connectivity index (χ0v) is 14.3. The summed E-state index contributed by atoms with van der Waals surface area (Å²) in [5.74, 6) is 0.316. The van der Waals surface area contributed by atoms with E-state index in [0.717, 1.165) is 11.1 Å². The average Bonchev–Trinajstić information content (AvgIpc) is 2.61. The maximum Gasteiger partial charge on any atom is 0.226 e. The molecule has 0 aromatic heterocycles. The fourth-order valence-corrected chi connectivity index (χ4v) is 2.26. The van der Waals surface area contributed by atoms with Crippen molar-refractivity contribution in [3.05, 3.63) is 77.9 Å². The molecule has 0 amide bonds. The van der Waals surface area contributed by atoms with Crippen molar-refractivity contribution in [2.24, 2.45) is 21.5 Å². The van der Waals surface area contributed by atoms with E-state index in [2.05, 4.69) is 9.98 Å². The third-order valence-electron chi connectivity index (χ3n) is 3.43. The van der Waals surface area contributed by atoms with E-state index in [0.29, 0.717) is 6.61 Å². The van der Waals surface area contributed by atoms with Crippen molar-refractivity contribution in [2.75, 3.05) is 0 Å². The van der Waals surface area contributed by atoms with Gasteiger partial charge in [-0.3, -0.25) is 4.84 Å². The third kappa shape index (κ3) is 5.07. The largest absolute Gasteiger partial charge is 0.368 e. The number of rotatable bonds is 5. The molecule has 0 saturated carbocycles. The molecule has 1 aliphatic rings. The minimum absolute atomic E-state index is 0. The lowest BCUT2D eigenvalue weighted by Crippen LogP contribution is -2.47. The van der Waals surface area contributed by atoms with Gasteiger partial charge in [0, 0.05) is 0 Å². The molecule has 0 aliphatic carbocycles. The fourth-order valence-electron chi connectivity index (χ4n) is 2.26. The molecule has 1 unspecified atom stereocenters. The van der Waals surface area contributed by atoms with Gasteiger partial charge < -0.3 is 11.5 Å².